The van der Waals surface area contributed by atoms with Gasteiger partial charge in [-0.15, -0.1) is 12.4 Å². The highest BCUT2D eigenvalue weighted by atomic mass is 35.5. The molecule has 3 rings (SSSR count). The lowest BCUT2D eigenvalue weighted by Crippen LogP contribution is -2.42. The number of carbonyl (C=O) groups is 1. The number of rotatable bonds is 5. The van der Waals surface area contributed by atoms with E-state index < -0.39 is 0 Å². The lowest BCUT2D eigenvalue weighted by Gasteiger charge is -2.27. The van der Waals surface area contributed by atoms with Crippen molar-refractivity contribution in [2.75, 3.05) is 13.1 Å². The van der Waals surface area contributed by atoms with Gasteiger partial charge in [0.1, 0.15) is 0 Å². The van der Waals surface area contributed by atoms with Gasteiger partial charge in [-0.25, -0.2) is 4.98 Å². The van der Waals surface area contributed by atoms with Gasteiger partial charge in [0.2, 0.25) is 5.91 Å². The van der Waals surface area contributed by atoms with Crippen molar-refractivity contribution in [2.24, 2.45) is 5.92 Å². The van der Waals surface area contributed by atoms with E-state index in [9.17, 15) is 4.79 Å². The Kier molecular flexibility index (Phi) is 6.42. The first-order chi connectivity index (χ1) is 10.7. The molecule has 1 aromatic heterocycles. The third kappa shape index (κ3) is 4.45. The largest absolute Gasteiger partial charge is 0.356 e. The predicted octanol–water partition coefficient (Wildman–Crippen LogP) is 2.35. The van der Waals surface area contributed by atoms with Crippen LogP contribution >= 0.6 is 12.4 Å². The minimum Gasteiger partial charge on any atom is -0.356 e. The van der Waals surface area contributed by atoms with Gasteiger partial charge in [0.05, 0.1) is 17.4 Å². The van der Waals surface area contributed by atoms with E-state index >= 15 is 0 Å². The van der Waals surface area contributed by atoms with Gasteiger partial charge in [0.15, 0.2) is 0 Å². The molecular formula is C17H25ClN4O. The molecule has 1 aromatic carbocycles. The number of hydrogen-bond donors (Lipinski definition) is 2. The predicted molar refractivity (Wildman–Crippen MR) is 94.8 cm³/mol. The SMILES string of the molecule is C[C@H]1C[C@@H](C(=O)NCCCn2cnc3ccccc32)CCN1.Cl. The summed E-state index contributed by atoms with van der Waals surface area (Å²) in [6.45, 7) is 4.69. The van der Waals surface area contributed by atoms with Gasteiger partial charge in [0.25, 0.3) is 0 Å². The minimum atomic E-state index is 0. The number of piperidine rings is 1. The van der Waals surface area contributed by atoms with Crippen LogP contribution in [0.2, 0.25) is 0 Å². The Morgan fingerprint density at radius 2 is 2.26 bits per heavy atom. The van der Waals surface area contributed by atoms with Gasteiger partial charge < -0.3 is 15.2 Å². The molecule has 2 heterocycles. The van der Waals surface area contributed by atoms with Crippen LogP contribution < -0.4 is 10.6 Å². The lowest BCUT2D eigenvalue weighted by molar-refractivity contribution is -0.126. The highest BCUT2D eigenvalue weighted by Gasteiger charge is 2.24. The van der Waals surface area contributed by atoms with Crippen molar-refractivity contribution in [3.63, 3.8) is 0 Å². The van der Waals surface area contributed by atoms with Crippen LogP contribution in [0.4, 0.5) is 0 Å². The van der Waals surface area contributed by atoms with E-state index in [1.807, 2.05) is 24.5 Å². The van der Waals surface area contributed by atoms with Crippen LogP contribution in [-0.4, -0.2) is 34.6 Å². The number of nitrogens with one attached hydrogen (secondary N) is 2. The Balaban J connectivity index is 0.00000192. The van der Waals surface area contributed by atoms with Crippen LogP contribution in [0.5, 0.6) is 0 Å². The molecule has 1 saturated heterocycles. The lowest BCUT2D eigenvalue weighted by atomic mass is 9.92. The molecule has 0 spiro atoms. The molecule has 2 atom stereocenters. The Labute approximate surface area is 143 Å². The monoisotopic (exact) mass is 336 g/mol. The second-order valence-electron chi connectivity index (χ2n) is 6.15. The van der Waals surface area contributed by atoms with Gasteiger partial charge in [-0.3, -0.25) is 4.79 Å². The number of aromatic nitrogens is 2. The summed E-state index contributed by atoms with van der Waals surface area (Å²) < 4.78 is 2.15. The molecule has 0 bridgehead atoms. The topological polar surface area (TPSA) is 59.0 Å². The summed E-state index contributed by atoms with van der Waals surface area (Å²) in [5.74, 6) is 0.383. The molecule has 5 nitrogen and oxygen atoms in total. The van der Waals surface area contributed by atoms with E-state index in [0.717, 1.165) is 49.9 Å². The van der Waals surface area contributed by atoms with Crippen molar-refractivity contribution >= 4 is 29.3 Å². The number of halogens is 1. The molecule has 1 fully saturated rings. The summed E-state index contributed by atoms with van der Waals surface area (Å²) in [4.78, 5) is 16.5. The summed E-state index contributed by atoms with van der Waals surface area (Å²) in [5.41, 5.74) is 2.18. The molecular weight excluding hydrogens is 312 g/mol. The van der Waals surface area contributed by atoms with Crippen molar-refractivity contribution in [2.45, 2.75) is 38.8 Å². The summed E-state index contributed by atoms with van der Waals surface area (Å²) in [5, 5.41) is 6.46. The first kappa shape index (κ1) is 17.8. The molecule has 6 heteroatoms. The van der Waals surface area contributed by atoms with E-state index in [4.69, 9.17) is 0 Å². The highest BCUT2D eigenvalue weighted by Crippen LogP contribution is 2.16. The normalized spacial score (nSPS) is 20.9. The summed E-state index contributed by atoms with van der Waals surface area (Å²) in [7, 11) is 0. The third-order valence-corrected chi connectivity index (χ3v) is 4.40. The number of aryl methyl sites for hydroxylation is 1. The Hall–Kier alpha value is -1.59. The summed E-state index contributed by atoms with van der Waals surface area (Å²) in [6, 6.07) is 8.57. The maximum Gasteiger partial charge on any atom is 0.223 e. The Bertz CT molecular complexity index is 642. The number of para-hydroxylation sites is 2. The minimum absolute atomic E-state index is 0. The number of fused-ring (bicyclic) bond motifs is 1. The summed E-state index contributed by atoms with van der Waals surface area (Å²) >= 11 is 0. The second kappa shape index (κ2) is 8.31. The summed E-state index contributed by atoms with van der Waals surface area (Å²) in [6.07, 6.45) is 4.69. The molecule has 1 aliphatic heterocycles. The van der Waals surface area contributed by atoms with Gasteiger partial charge in [-0.05, 0) is 44.9 Å². The molecule has 1 aliphatic rings. The molecule has 23 heavy (non-hydrogen) atoms. The van der Waals surface area contributed by atoms with Crippen LogP contribution in [0.1, 0.15) is 26.2 Å². The zero-order valence-electron chi connectivity index (χ0n) is 13.5. The van der Waals surface area contributed by atoms with E-state index in [2.05, 4.69) is 33.2 Å². The van der Waals surface area contributed by atoms with Crippen LogP contribution in [0, 0.1) is 5.92 Å². The fourth-order valence-corrected chi connectivity index (χ4v) is 3.16. The molecule has 2 N–H and O–H groups in total. The van der Waals surface area contributed by atoms with Crippen LogP contribution in [0.25, 0.3) is 11.0 Å². The fraction of sp³-hybridized carbons (Fsp3) is 0.529. The number of hydrogen-bond acceptors (Lipinski definition) is 3. The van der Waals surface area contributed by atoms with E-state index in [1.165, 1.54) is 0 Å². The first-order valence-corrected chi connectivity index (χ1v) is 8.15. The average molecular weight is 337 g/mol. The van der Waals surface area contributed by atoms with Gasteiger partial charge in [-0.2, -0.15) is 0 Å². The number of benzene rings is 1. The van der Waals surface area contributed by atoms with Crippen molar-refractivity contribution in [3.8, 4) is 0 Å². The maximum absolute atomic E-state index is 12.2. The highest BCUT2D eigenvalue weighted by molar-refractivity contribution is 5.85. The van der Waals surface area contributed by atoms with Crippen molar-refractivity contribution < 1.29 is 4.79 Å². The zero-order valence-corrected chi connectivity index (χ0v) is 14.3. The molecule has 0 saturated carbocycles. The van der Waals surface area contributed by atoms with E-state index in [1.54, 1.807) is 0 Å². The van der Waals surface area contributed by atoms with Crippen LogP contribution in [-0.2, 0) is 11.3 Å². The molecule has 0 aliphatic carbocycles. The molecule has 126 valence electrons. The van der Waals surface area contributed by atoms with Gasteiger partial charge in [-0.1, -0.05) is 12.1 Å². The molecule has 0 unspecified atom stereocenters. The maximum atomic E-state index is 12.2. The van der Waals surface area contributed by atoms with Crippen molar-refractivity contribution in [1.82, 2.24) is 20.2 Å². The van der Waals surface area contributed by atoms with Crippen LogP contribution in [0.3, 0.4) is 0 Å². The number of amides is 1. The van der Waals surface area contributed by atoms with Gasteiger partial charge >= 0.3 is 0 Å². The van der Waals surface area contributed by atoms with Crippen molar-refractivity contribution in [1.29, 1.82) is 0 Å². The van der Waals surface area contributed by atoms with E-state index in [0.29, 0.717) is 6.04 Å². The molecule has 1 amide bonds. The van der Waals surface area contributed by atoms with Gasteiger partial charge in [0, 0.05) is 25.0 Å². The molecule has 0 radical (unpaired) electrons. The number of carbonyl (C=O) groups excluding carboxylic acids is 1. The fourth-order valence-electron chi connectivity index (χ4n) is 3.16. The zero-order chi connectivity index (χ0) is 15.4. The average Bonchev–Trinajstić information content (AvgIpc) is 2.95. The first-order valence-electron chi connectivity index (χ1n) is 8.15. The van der Waals surface area contributed by atoms with Crippen molar-refractivity contribution in [3.05, 3.63) is 30.6 Å². The second-order valence-corrected chi connectivity index (χ2v) is 6.15. The molecule has 2 aromatic rings. The number of imidazole rings is 1. The third-order valence-electron chi connectivity index (χ3n) is 4.40. The van der Waals surface area contributed by atoms with E-state index in [-0.39, 0.29) is 24.2 Å². The quantitative estimate of drug-likeness (QED) is 0.824. The standard InChI is InChI=1S/C17H24N4O.ClH/c1-13-11-14(7-9-18-13)17(22)19-8-4-10-21-12-20-15-5-2-3-6-16(15)21;/h2-3,5-6,12-14,18H,4,7-11H2,1H3,(H,19,22);1H/t13-,14-;/m0./s1. The number of nitrogens with zero attached hydrogens (tertiary/aromatic N) is 2. The smallest absolute Gasteiger partial charge is 0.223 e. The Morgan fingerprint density at radius 1 is 1.43 bits per heavy atom. The van der Waals surface area contributed by atoms with Crippen LogP contribution in [0.15, 0.2) is 30.6 Å². The Morgan fingerprint density at radius 3 is 3.09 bits per heavy atom.